The standard InChI is InChI=1S/C22H27N3/c1-2-3-17-4-6-18(7-5-17)8-9-19-10-12-21(13-11-19)22-24-15-20(14-23)16-25-22/h10-13,15-18H,2-9H2,1H3/t17-,18-. The molecule has 1 aromatic heterocycles. The summed E-state index contributed by atoms with van der Waals surface area (Å²) >= 11 is 0. The molecule has 0 amide bonds. The molecule has 0 atom stereocenters. The van der Waals surface area contributed by atoms with Crippen LogP contribution in [-0.2, 0) is 6.42 Å². The van der Waals surface area contributed by atoms with Gasteiger partial charge in [0.1, 0.15) is 6.07 Å². The lowest BCUT2D eigenvalue weighted by molar-refractivity contribution is 0.252. The molecule has 0 bridgehead atoms. The van der Waals surface area contributed by atoms with Crippen LogP contribution in [0.15, 0.2) is 36.7 Å². The molecule has 0 unspecified atom stereocenters. The molecule has 3 heteroatoms. The minimum atomic E-state index is 0.494. The second kappa shape index (κ2) is 8.76. The van der Waals surface area contributed by atoms with E-state index in [0.717, 1.165) is 23.8 Å². The third kappa shape index (κ3) is 4.89. The molecule has 3 rings (SSSR count). The van der Waals surface area contributed by atoms with Crippen molar-refractivity contribution in [2.24, 2.45) is 11.8 Å². The molecule has 130 valence electrons. The van der Waals surface area contributed by atoms with E-state index in [4.69, 9.17) is 5.26 Å². The Morgan fingerprint density at radius 1 is 0.960 bits per heavy atom. The fourth-order valence-electron chi connectivity index (χ4n) is 3.94. The van der Waals surface area contributed by atoms with Gasteiger partial charge in [-0.05, 0) is 30.2 Å². The maximum atomic E-state index is 8.81. The normalized spacial score (nSPS) is 20.2. The monoisotopic (exact) mass is 333 g/mol. The molecule has 0 N–H and O–H groups in total. The van der Waals surface area contributed by atoms with Gasteiger partial charge in [-0.2, -0.15) is 5.26 Å². The first-order valence-electron chi connectivity index (χ1n) is 9.60. The second-order valence-corrected chi connectivity index (χ2v) is 7.32. The number of nitrogens with zero attached hydrogens (tertiary/aromatic N) is 3. The maximum Gasteiger partial charge on any atom is 0.159 e. The fourth-order valence-corrected chi connectivity index (χ4v) is 3.94. The highest BCUT2D eigenvalue weighted by atomic mass is 14.9. The lowest BCUT2D eigenvalue weighted by atomic mass is 9.78. The summed E-state index contributed by atoms with van der Waals surface area (Å²) in [7, 11) is 0. The molecule has 0 saturated heterocycles. The van der Waals surface area contributed by atoms with Gasteiger partial charge in [0.15, 0.2) is 5.82 Å². The molecular formula is C22H27N3. The van der Waals surface area contributed by atoms with E-state index in [-0.39, 0.29) is 0 Å². The molecule has 1 saturated carbocycles. The zero-order valence-corrected chi connectivity index (χ0v) is 15.1. The molecule has 2 aromatic rings. The van der Waals surface area contributed by atoms with E-state index in [1.54, 1.807) is 12.4 Å². The molecule has 1 aliphatic carbocycles. The Bertz CT molecular complexity index is 690. The van der Waals surface area contributed by atoms with Crippen molar-refractivity contribution < 1.29 is 0 Å². The van der Waals surface area contributed by atoms with Crippen LogP contribution in [0.5, 0.6) is 0 Å². The Balaban J connectivity index is 1.50. The third-order valence-corrected chi connectivity index (χ3v) is 5.50. The van der Waals surface area contributed by atoms with Gasteiger partial charge in [0.2, 0.25) is 0 Å². The average molecular weight is 333 g/mol. The predicted molar refractivity (Wildman–Crippen MR) is 101 cm³/mol. The van der Waals surface area contributed by atoms with Crippen LogP contribution < -0.4 is 0 Å². The number of nitriles is 1. The third-order valence-electron chi connectivity index (χ3n) is 5.50. The van der Waals surface area contributed by atoms with Crippen LogP contribution in [0.3, 0.4) is 0 Å². The van der Waals surface area contributed by atoms with Crippen molar-refractivity contribution in [3.05, 3.63) is 47.8 Å². The van der Waals surface area contributed by atoms with Gasteiger partial charge in [-0.25, -0.2) is 9.97 Å². The number of benzene rings is 1. The largest absolute Gasteiger partial charge is 0.235 e. The number of aryl methyl sites for hydroxylation is 1. The molecule has 1 fully saturated rings. The predicted octanol–water partition coefficient (Wildman–Crippen LogP) is 5.55. The fraction of sp³-hybridized carbons (Fsp3) is 0.500. The zero-order chi connectivity index (χ0) is 17.5. The van der Waals surface area contributed by atoms with Gasteiger partial charge in [0.05, 0.1) is 5.56 Å². The van der Waals surface area contributed by atoms with Crippen molar-refractivity contribution in [2.45, 2.75) is 58.3 Å². The molecule has 0 radical (unpaired) electrons. The van der Waals surface area contributed by atoms with Crippen molar-refractivity contribution in [3.8, 4) is 17.5 Å². The van der Waals surface area contributed by atoms with Crippen LogP contribution in [0.1, 0.15) is 63.0 Å². The summed E-state index contributed by atoms with van der Waals surface area (Å²) < 4.78 is 0. The number of aromatic nitrogens is 2. The first kappa shape index (κ1) is 17.6. The molecule has 3 nitrogen and oxygen atoms in total. The van der Waals surface area contributed by atoms with Crippen LogP contribution >= 0.6 is 0 Å². The van der Waals surface area contributed by atoms with Gasteiger partial charge in [0, 0.05) is 18.0 Å². The van der Waals surface area contributed by atoms with Crippen molar-refractivity contribution in [1.82, 2.24) is 9.97 Å². The van der Waals surface area contributed by atoms with Crippen LogP contribution in [-0.4, -0.2) is 9.97 Å². The first-order valence-corrected chi connectivity index (χ1v) is 9.60. The molecule has 25 heavy (non-hydrogen) atoms. The quantitative estimate of drug-likeness (QED) is 0.696. The number of rotatable bonds is 6. The van der Waals surface area contributed by atoms with Gasteiger partial charge in [-0.15, -0.1) is 0 Å². The smallest absolute Gasteiger partial charge is 0.159 e. The Morgan fingerprint density at radius 2 is 1.56 bits per heavy atom. The highest BCUT2D eigenvalue weighted by molar-refractivity contribution is 5.55. The van der Waals surface area contributed by atoms with Gasteiger partial charge in [-0.3, -0.25) is 0 Å². The second-order valence-electron chi connectivity index (χ2n) is 7.32. The summed E-state index contributed by atoms with van der Waals surface area (Å²) in [5, 5.41) is 8.81. The summed E-state index contributed by atoms with van der Waals surface area (Å²) in [6.07, 6.45) is 14.1. The summed E-state index contributed by atoms with van der Waals surface area (Å²) in [6.45, 7) is 2.30. The SMILES string of the molecule is CCC[C@H]1CC[C@H](CCc2ccc(-c3ncc(C#N)cn3)cc2)CC1. The van der Waals surface area contributed by atoms with E-state index in [1.807, 2.05) is 6.07 Å². The molecule has 1 heterocycles. The topological polar surface area (TPSA) is 49.6 Å². The number of hydrogen-bond donors (Lipinski definition) is 0. The Labute approximate surface area is 151 Å². The molecular weight excluding hydrogens is 306 g/mol. The lowest BCUT2D eigenvalue weighted by Gasteiger charge is -2.28. The Kier molecular flexibility index (Phi) is 6.17. The van der Waals surface area contributed by atoms with E-state index in [0.29, 0.717) is 11.4 Å². The van der Waals surface area contributed by atoms with Crippen molar-refractivity contribution >= 4 is 0 Å². The summed E-state index contributed by atoms with van der Waals surface area (Å²) in [4.78, 5) is 8.51. The lowest BCUT2D eigenvalue weighted by Crippen LogP contribution is -2.15. The van der Waals surface area contributed by atoms with Crippen LogP contribution in [0.25, 0.3) is 11.4 Å². The van der Waals surface area contributed by atoms with E-state index in [2.05, 4.69) is 41.2 Å². The zero-order valence-electron chi connectivity index (χ0n) is 15.1. The average Bonchev–Trinajstić information content (AvgIpc) is 2.68. The molecule has 0 aliphatic heterocycles. The van der Waals surface area contributed by atoms with Crippen molar-refractivity contribution in [2.75, 3.05) is 0 Å². The Hall–Kier alpha value is -2.21. The first-order chi connectivity index (χ1) is 12.3. The molecule has 0 spiro atoms. The summed E-state index contributed by atoms with van der Waals surface area (Å²) in [6, 6.07) is 10.6. The van der Waals surface area contributed by atoms with Gasteiger partial charge >= 0.3 is 0 Å². The van der Waals surface area contributed by atoms with Crippen LogP contribution in [0, 0.1) is 23.2 Å². The van der Waals surface area contributed by atoms with Gasteiger partial charge in [0.25, 0.3) is 0 Å². The van der Waals surface area contributed by atoms with Crippen molar-refractivity contribution in [3.63, 3.8) is 0 Å². The van der Waals surface area contributed by atoms with Crippen LogP contribution in [0.2, 0.25) is 0 Å². The maximum absolute atomic E-state index is 8.81. The van der Waals surface area contributed by atoms with E-state index < -0.39 is 0 Å². The molecule has 1 aliphatic rings. The summed E-state index contributed by atoms with van der Waals surface area (Å²) in [5.41, 5.74) is 2.90. The Morgan fingerprint density at radius 3 is 2.12 bits per heavy atom. The summed E-state index contributed by atoms with van der Waals surface area (Å²) in [5.74, 6) is 2.59. The van der Waals surface area contributed by atoms with Gasteiger partial charge in [-0.1, -0.05) is 69.7 Å². The number of hydrogen-bond acceptors (Lipinski definition) is 3. The van der Waals surface area contributed by atoms with Gasteiger partial charge < -0.3 is 0 Å². The van der Waals surface area contributed by atoms with Crippen LogP contribution in [0.4, 0.5) is 0 Å². The highest BCUT2D eigenvalue weighted by Crippen LogP contribution is 2.33. The van der Waals surface area contributed by atoms with E-state index in [9.17, 15) is 0 Å². The van der Waals surface area contributed by atoms with E-state index in [1.165, 1.54) is 50.5 Å². The van der Waals surface area contributed by atoms with E-state index >= 15 is 0 Å². The highest BCUT2D eigenvalue weighted by Gasteiger charge is 2.20. The minimum Gasteiger partial charge on any atom is -0.235 e. The van der Waals surface area contributed by atoms with Crippen molar-refractivity contribution in [1.29, 1.82) is 5.26 Å². The molecule has 1 aromatic carbocycles. The minimum absolute atomic E-state index is 0.494.